The second kappa shape index (κ2) is 9.97. The first-order valence-corrected chi connectivity index (χ1v) is 15.6. The molecule has 0 saturated carbocycles. The van der Waals surface area contributed by atoms with Crippen molar-refractivity contribution in [1.29, 1.82) is 0 Å². The molecule has 0 aromatic heterocycles. The second-order valence-electron chi connectivity index (χ2n) is 12.6. The number of anilines is 2. The topological polar surface area (TPSA) is 84.0 Å². The molecule has 2 fully saturated rings. The molecule has 3 aliphatic carbocycles. The number of carbonyl (C=O) groups is 4. The van der Waals surface area contributed by atoms with Gasteiger partial charge in [-0.05, 0) is 58.0 Å². The number of ether oxygens (including phenoxy) is 1. The molecule has 2 heterocycles. The number of benzene rings is 5. The highest BCUT2D eigenvalue weighted by Crippen LogP contribution is 2.61. The second-order valence-corrected chi connectivity index (χ2v) is 12.6. The van der Waals surface area contributed by atoms with Gasteiger partial charge in [0.25, 0.3) is 0 Å². The van der Waals surface area contributed by atoms with Gasteiger partial charge >= 0.3 is 5.97 Å². The third-order valence-corrected chi connectivity index (χ3v) is 10.3. The van der Waals surface area contributed by atoms with Gasteiger partial charge in [-0.3, -0.25) is 19.2 Å². The standard InChI is InChI=1S/C39H28N2O5/c42-32-20-23(21-40(32)31-15-7-9-22-8-1-2-10-26(22)31)39(45)46-25-18-16-24(17-19-25)41-37(43)35-33-27-11-3-4-12-28(27)34(36(35)38(41)44)30-14-6-5-13-29(30)33/h1-19,23,33-36H,20-21H2/t23-,33?,34?,35-,36+/m0/s1. The molecule has 7 nitrogen and oxygen atoms in total. The van der Waals surface area contributed by atoms with Crippen LogP contribution in [0, 0.1) is 17.8 Å². The van der Waals surface area contributed by atoms with Crippen LogP contribution in [0.2, 0.25) is 0 Å². The lowest BCUT2D eigenvalue weighted by atomic mass is 9.55. The van der Waals surface area contributed by atoms with Crippen molar-refractivity contribution in [3.63, 3.8) is 0 Å². The molecule has 2 bridgehead atoms. The molecule has 10 rings (SSSR count). The zero-order valence-electron chi connectivity index (χ0n) is 24.7. The zero-order valence-corrected chi connectivity index (χ0v) is 24.7. The highest BCUT2D eigenvalue weighted by molar-refractivity contribution is 6.23. The molecule has 0 unspecified atom stereocenters. The van der Waals surface area contributed by atoms with Gasteiger partial charge in [0.2, 0.25) is 17.7 Å². The van der Waals surface area contributed by atoms with Crippen molar-refractivity contribution in [3.05, 3.63) is 138 Å². The van der Waals surface area contributed by atoms with Crippen molar-refractivity contribution in [2.75, 3.05) is 16.3 Å². The van der Waals surface area contributed by atoms with Crippen LogP contribution in [0.4, 0.5) is 11.4 Å². The zero-order chi connectivity index (χ0) is 31.1. The minimum atomic E-state index is -0.616. The van der Waals surface area contributed by atoms with Crippen molar-refractivity contribution >= 4 is 45.8 Å². The van der Waals surface area contributed by atoms with Crippen LogP contribution in [0.1, 0.15) is 40.5 Å². The van der Waals surface area contributed by atoms with E-state index in [2.05, 4.69) is 24.3 Å². The van der Waals surface area contributed by atoms with Crippen LogP contribution < -0.4 is 14.5 Å². The van der Waals surface area contributed by atoms with Crippen molar-refractivity contribution in [1.82, 2.24) is 0 Å². The van der Waals surface area contributed by atoms with Crippen LogP contribution in [-0.2, 0) is 19.2 Å². The van der Waals surface area contributed by atoms with Crippen LogP contribution in [-0.4, -0.2) is 30.2 Å². The van der Waals surface area contributed by atoms with Gasteiger partial charge in [0.1, 0.15) is 5.75 Å². The number of esters is 1. The van der Waals surface area contributed by atoms with Gasteiger partial charge in [-0.15, -0.1) is 0 Å². The molecule has 5 aromatic carbocycles. The fourth-order valence-electron chi connectivity index (χ4n) is 8.34. The first kappa shape index (κ1) is 26.8. The summed E-state index contributed by atoms with van der Waals surface area (Å²) in [6, 6.07) is 36.5. The maximum Gasteiger partial charge on any atom is 0.316 e. The van der Waals surface area contributed by atoms with Gasteiger partial charge in [-0.25, -0.2) is 4.90 Å². The maximum absolute atomic E-state index is 14.0. The summed E-state index contributed by atoms with van der Waals surface area (Å²) in [6.07, 6.45) is 0.0623. The number of imide groups is 1. The number of rotatable bonds is 4. The number of amides is 3. The van der Waals surface area contributed by atoms with Gasteiger partial charge in [-0.1, -0.05) is 84.9 Å². The van der Waals surface area contributed by atoms with Crippen LogP contribution in [0.3, 0.4) is 0 Å². The molecule has 3 atom stereocenters. The number of hydrogen-bond donors (Lipinski definition) is 0. The smallest absolute Gasteiger partial charge is 0.316 e. The molecule has 2 aliphatic heterocycles. The predicted octanol–water partition coefficient (Wildman–Crippen LogP) is 6.19. The lowest BCUT2D eigenvalue weighted by Gasteiger charge is -2.45. The number of hydrogen-bond acceptors (Lipinski definition) is 5. The average molecular weight is 605 g/mol. The monoisotopic (exact) mass is 604 g/mol. The van der Waals surface area contributed by atoms with Gasteiger partial charge in [0.15, 0.2) is 0 Å². The third kappa shape index (κ3) is 3.78. The SMILES string of the molecule is O=C(Oc1ccc(N2C(=O)[C@@H]3C4c5ccccc5C(c5ccccc54)[C@@H]3C2=O)cc1)[C@H]1CC(=O)N(c2cccc3ccccc23)C1. The van der Waals surface area contributed by atoms with Crippen LogP contribution in [0.5, 0.6) is 5.75 Å². The summed E-state index contributed by atoms with van der Waals surface area (Å²) in [7, 11) is 0. The molecule has 46 heavy (non-hydrogen) atoms. The van der Waals surface area contributed by atoms with E-state index in [9.17, 15) is 19.2 Å². The molecule has 0 radical (unpaired) electrons. The first-order valence-electron chi connectivity index (χ1n) is 15.6. The Morgan fingerprint density at radius 1 is 0.630 bits per heavy atom. The molecule has 7 heteroatoms. The average Bonchev–Trinajstić information content (AvgIpc) is 3.61. The minimum absolute atomic E-state index is 0.0623. The summed E-state index contributed by atoms with van der Waals surface area (Å²) < 4.78 is 5.71. The van der Waals surface area contributed by atoms with Crippen LogP contribution >= 0.6 is 0 Å². The van der Waals surface area contributed by atoms with E-state index >= 15 is 0 Å². The third-order valence-electron chi connectivity index (χ3n) is 10.3. The van der Waals surface area contributed by atoms with Gasteiger partial charge < -0.3 is 9.64 Å². The largest absolute Gasteiger partial charge is 0.426 e. The number of nitrogens with zero attached hydrogens (tertiary/aromatic N) is 2. The van der Waals surface area contributed by atoms with E-state index in [4.69, 9.17) is 4.74 Å². The molecule has 0 spiro atoms. The predicted molar refractivity (Wildman–Crippen MR) is 173 cm³/mol. The van der Waals surface area contributed by atoms with E-state index in [-0.39, 0.29) is 42.5 Å². The summed E-state index contributed by atoms with van der Waals surface area (Å²) in [5, 5.41) is 1.98. The molecule has 0 N–H and O–H groups in total. The van der Waals surface area contributed by atoms with E-state index in [0.717, 1.165) is 38.7 Å². The first-order chi connectivity index (χ1) is 22.5. The summed E-state index contributed by atoms with van der Waals surface area (Å²) in [6.45, 7) is 0.233. The van der Waals surface area contributed by atoms with E-state index in [1.165, 1.54) is 4.90 Å². The molecule has 5 aromatic rings. The van der Waals surface area contributed by atoms with Gasteiger partial charge in [0, 0.05) is 30.2 Å². The van der Waals surface area contributed by atoms with Crippen molar-refractivity contribution < 1.29 is 23.9 Å². The Hall–Kier alpha value is -5.56. The summed E-state index contributed by atoms with van der Waals surface area (Å²) in [5.41, 5.74) is 5.74. The lowest BCUT2D eigenvalue weighted by Crippen LogP contribution is -2.41. The molecule has 5 aliphatic rings. The lowest BCUT2D eigenvalue weighted by molar-refractivity contribution is -0.139. The van der Waals surface area contributed by atoms with Crippen LogP contribution in [0.15, 0.2) is 115 Å². The highest BCUT2D eigenvalue weighted by atomic mass is 16.5. The van der Waals surface area contributed by atoms with Crippen molar-refractivity contribution in [3.8, 4) is 5.75 Å². The Bertz CT molecular complexity index is 2000. The molecular weight excluding hydrogens is 576 g/mol. The van der Waals surface area contributed by atoms with E-state index < -0.39 is 23.7 Å². The maximum atomic E-state index is 14.0. The normalized spacial score (nSPS) is 24.3. The van der Waals surface area contributed by atoms with Crippen LogP contribution in [0.25, 0.3) is 10.8 Å². The number of carbonyl (C=O) groups excluding carboxylic acids is 4. The fraction of sp³-hybridized carbons (Fsp3) is 0.179. The molecule has 224 valence electrons. The summed E-state index contributed by atoms with van der Waals surface area (Å²) >= 11 is 0. The summed E-state index contributed by atoms with van der Waals surface area (Å²) in [5.74, 6) is -2.62. The summed E-state index contributed by atoms with van der Waals surface area (Å²) in [4.78, 5) is 57.2. The molecule has 2 saturated heterocycles. The Balaban J connectivity index is 0.945. The molecule has 3 amide bonds. The van der Waals surface area contributed by atoms with Gasteiger partial charge in [0.05, 0.1) is 29.1 Å². The Morgan fingerprint density at radius 2 is 1.17 bits per heavy atom. The number of fused-ring (bicyclic) bond motifs is 1. The Morgan fingerprint density at radius 3 is 1.78 bits per heavy atom. The molecular formula is C39H28N2O5. The van der Waals surface area contributed by atoms with Crippen molar-refractivity contribution in [2.24, 2.45) is 17.8 Å². The van der Waals surface area contributed by atoms with Crippen molar-refractivity contribution in [2.45, 2.75) is 18.3 Å². The van der Waals surface area contributed by atoms with E-state index in [1.54, 1.807) is 29.2 Å². The minimum Gasteiger partial charge on any atom is -0.426 e. The highest BCUT2D eigenvalue weighted by Gasteiger charge is 2.61. The van der Waals surface area contributed by atoms with Gasteiger partial charge in [-0.2, -0.15) is 0 Å². The Kier molecular flexibility index (Phi) is 5.81. The van der Waals surface area contributed by atoms with E-state index in [1.807, 2.05) is 66.7 Å². The van der Waals surface area contributed by atoms with E-state index in [0.29, 0.717) is 11.4 Å². The fourth-order valence-corrected chi connectivity index (χ4v) is 8.34. The quantitative estimate of drug-likeness (QED) is 0.139. The Labute approximate surface area is 265 Å².